The Bertz CT molecular complexity index is 1200. The third kappa shape index (κ3) is 7.35. The number of ether oxygens (including phenoxy) is 3. The van der Waals surface area contributed by atoms with Crippen molar-refractivity contribution in [1.29, 1.82) is 0 Å². The first-order valence-electron chi connectivity index (χ1n) is 10.0. The van der Waals surface area contributed by atoms with E-state index in [2.05, 4.69) is 0 Å². The summed E-state index contributed by atoms with van der Waals surface area (Å²) >= 11 is 0. The van der Waals surface area contributed by atoms with Crippen molar-refractivity contribution in [3.8, 4) is 0 Å². The van der Waals surface area contributed by atoms with E-state index in [0.717, 1.165) is 43.3 Å². The van der Waals surface area contributed by atoms with Crippen molar-refractivity contribution < 1.29 is 68.2 Å². The van der Waals surface area contributed by atoms with E-state index in [1.165, 1.54) is 0 Å². The monoisotopic (exact) mass is 518 g/mol. The van der Waals surface area contributed by atoms with Gasteiger partial charge in [-0.25, -0.2) is 28.8 Å². The molecule has 14 heteroatoms. The quantitative estimate of drug-likeness (QED) is 0.244. The number of benzene rings is 2. The average Bonchev–Trinajstić information content (AvgIpc) is 2.83. The maximum atomic E-state index is 12.3. The standard InChI is InChI=1S/C23H18O14/c1-10(24)37-13(8-35-22(33)11-2-4-14(18(25)26)16(6-11)20(29)30)9-36-23(34)12-3-5-15(19(27)28)17(7-12)21(31)32/h2-7,13H,8-9H2,1H3,(H,25,26)(H,27,28)(H,29,30)(H,31,32). The normalized spacial score (nSPS) is 10.3. The molecule has 0 aliphatic heterocycles. The Morgan fingerprint density at radius 1 is 0.622 bits per heavy atom. The fourth-order valence-electron chi connectivity index (χ4n) is 2.92. The van der Waals surface area contributed by atoms with E-state index in [9.17, 15) is 33.6 Å². The molecule has 0 radical (unpaired) electrons. The van der Waals surface area contributed by atoms with Gasteiger partial charge in [0.1, 0.15) is 13.2 Å². The molecule has 0 aromatic heterocycles. The van der Waals surface area contributed by atoms with E-state index in [1.54, 1.807) is 0 Å². The lowest BCUT2D eigenvalue weighted by Crippen LogP contribution is -2.30. The number of carbonyl (C=O) groups is 7. The van der Waals surface area contributed by atoms with E-state index in [1.807, 2.05) is 0 Å². The van der Waals surface area contributed by atoms with Gasteiger partial charge in [-0.15, -0.1) is 0 Å². The molecule has 0 aliphatic carbocycles. The van der Waals surface area contributed by atoms with E-state index in [-0.39, 0.29) is 11.1 Å². The van der Waals surface area contributed by atoms with E-state index < -0.39 is 83.4 Å². The van der Waals surface area contributed by atoms with Crippen LogP contribution >= 0.6 is 0 Å². The van der Waals surface area contributed by atoms with Crippen LogP contribution in [0.25, 0.3) is 0 Å². The summed E-state index contributed by atoms with van der Waals surface area (Å²) in [4.78, 5) is 80.8. The van der Waals surface area contributed by atoms with Crippen molar-refractivity contribution in [2.24, 2.45) is 0 Å². The van der Waals surface area contributed by atoms with E-state index in [0.29, 0.717) is 0 Å². The van der Waals surface area contributed by atoms with Gasteiger partial charge in [0, 0.05) is 6.92 Å². The van der Waals surface area contributed by atoms with Crippen LogP contribution in [0.2, 0.25) is 0 Å². The highest BCUT2D eigenvalue weighted by Gasteiger charge is 2.23. The molecule has 0 saturated carbocycles. The summed E-state index contributed by atoms with van der Waals surface area (Å²) in [5.74, 6) is -9.28. The SMILES string of the molecule is CC(=O)OC(COC(=O)c1ccc(C(=O)O)c(C(=O)O)c1)COC(=O)c1ccc(C(=O)O)c(C(=O)O)c1. The van der Waals surface area contributed by atoms with Gasteiger partial charge in [-0.1, -0.05) is 0 Å². The van der Waals surface area contributed by atoms with Crippen LogP contribution in [0.4, 0.5) is 0 Å². The van der Waals surface area contributed by atoms with Crippen LogP contribution in [-0.4, -0.2) is 81.5 Å². The van der Waals surface area contributed by atoms with Gasteiger partial charge in [-0.3, -0.25) is 4.79 Å². The molecule has 0 amide bonds. The number of aromatic carboxylic acids is 4. The highest BCUT2D eigenvalue weighted by atomic mass is 16.6. The molecule has 2 rings (SSSR count). The Labute approximate surface area is 206 Å². The minimum absolute atomic E-state index is 0.319. The predicted molar refractivity (Wildman–Crippen MR) is 117 cm³/mol. The maximum Gasteiger partial charge on any atom is 0.338 e. The number of carbonyl (C=O) groups excluding carboxylic acids is 3. The van der Waals surface area contributed by atoms with Gasteiger partial charge in [-0.2, -0.15) is 0 Å². The topological polar surface area (TPSA) is 228 Å². The number of carboxylic acids is 4. The zero-order valence-corrected chi connectivity index (χ0v) is 18.8. The van der Waals surface area contributed by atoms with E-state index in [4.69, 9.17) is 34.6 Å². The Kier molecular flexibility index (Phi) is 9.01. The summed E-state index contributed by atoms with van der Waals surface area (Å²) in [6.07, 6.45) is -1.33. The molecule has 2 aromatic rings. The van der Waals surface area contributed by atoms with E-state index >= 15 is 0 Å². The Hall–Kier alpha value is -5.27. The van der Waals surface area contributed by atoms with Crippen molar-refractivity contribution in [3.63, 3.8) is 0 Å². The van der Waals surface area contributed by atoms with Crippen LogP contribution in [0.3, 0.4) is 0 Å². The number of hydrogen-bond donors (Lipinski definition) is 4. The summed E-state index contributed by atoms with van der Waals surface area (Å²) in [5.41, 5.74) is -3.09. The van der Waals surface area contributed by atoms with Crippen LogP contribution < -0.4 is 0 Å². The van der Waals surface area contributed by atoms with Crippen LogP contribution in [0.1, 0.15) is 69.1 Å². The van der Waals surface area contributed by atoms with Crippen LogP contribution in [0.5, 0.6) is 0 Å². The molecule has 37 heavy (non-hydrogen) atoms. The summed E-state index contributed by atoms with van der Waals surface area (Å²) in [6.45, 7) is -0.301. The molecular formula is C23H18O14. The summed E-state index contributed by atoms with van der Waals surface area (Å²) in [5, 5.41) is 36.4. The summed E-state index contributed by atoms with van der Waals surface area (Å²) in [6, 6.07) is 5.40. The zero-order chi connectivity index (χ0) is 27.9. The van der Waals surface area contributed by atoms with Crippen LogP contribution in [0, 0.1) is 0 Å². The van der Waals surface area contributed by atoms with Crippen molar-refractivity contribution in [2.75, 3.05) is 13.2 Å². The molecular weight excluding hydrogens is 500 g/mol. The molecule has 0 atom stereocenters. The largest absolute Gasteiger partial charge is 0.478 e. The predicted octanol–water partition coefficient (Wildman–Crippen LogP) is 1.42. The summed E-state index contributed by atoms with van der Waals surface area (Å²) < 4.78 is 14.8. The fourth-order valence-corrected chi connectivity index (χ4v) is 2.92. The second-order valence-electron chi connectivity index (χ2n) is 7.17. The summed E-state index contributed by atoms with van der Waals surface area (Å²) in [7, 11) is 0. The lowest BCUT2D eigenvalue weighted by molar-refractivity contribution is -0.151. The molecule has 0 fully saturated rings. The Balaban J connectivity index is 2.12. The fraction of sp³-hybridized carbons (Fsp3) is 0.174. The first-order chi connectivity index (χ1) is 17.3. The molecule has 14 nitrogen and oxygen atoms in total. The first kappa shape index (κ1) is 28.0. The number of rotatable bonds is 11. The van der Waals surface area contributed by atoms with Crippen molar-refractivity contribution in [3.05, 3.63) is 69.8 Å². The smallest absolute Gasteiger partial charge is 0.338 e. The minimum atomic E-state index is -1.60. The third-order valence-corrected chi connectivity index (χ3v) is 4.57. The van der Waals surface area contributed by atoms with Gasteiger partial charge in [-0.05, 0) is 36.4 Å². The van der Waals surface area contributed by atoms with Gasteiger partial charge in [0.05, 0.1) is 33.4 Å². The van der Waals surface area contributed by atoms with Gasteiger partial charge < -0.3 is 34.6 Å². The molecule has 0 unspecified atom stereocenters. The van der Waals surface area contributed by atoms with Gasteiger partial charge in [0.2, 0.25) is 0 Å². The number of hydrogen-bond acceptors (Lipinski definition) is 10. The number of esters is 3. The molecule has 0 aliphatic rings. The molecule has 0 spiro atoms. The van der Waals surface area contributed by atoms with Crippen molar-refractivity contribution in [2.45, 2.75) is 13.0 Å². The highest BCUT2D eigenvalue weighted by molar-refractivity contribution is 6.04. The zero-order valence-electron chi connectivity index (χ0n) is 18.8. The molecule has 2 aromatic carbocycles. The third-order valence-electron chi connectivity index (χ3n) is 4.57. The first-order valence-corrected chi connectivity index (χ1v) is 10.0. The second-order valence-corrected chi connectivity index (χ2v) is 7.17. The lowest BCUT2D eigenvalue weighted by atomic mass is 10.0. The van der Waals surface area contributed by atoms with Crippen LogP contribution in [-0.2, 0) is 19.0 Å². The highest BCUT2D eigenvalue weighted by Crippen LogP contribution is 2.16. The molecule has 0 heterocycles. The molecule has 4 N–H and O–H groups in total. The van der Waals surface area contributed by atoms with Crippen molar-refractivity contribution in [1.82, 2.24) is 0 Å². The van der Waals surface area contributed by atoms with Crippen LogP contribution in [0.15, 0.2) is 36.4 Å². The minimum Gasteiger partial charge on any atom is -0.478 e. The van der Waals surface area contributed by atoms with Gasteiger partial charge >= 0.3 is 41.8 Å². The second kappa shape index (κ2) is 11.9. The molecule has 194 valence electrons. The van der Waals surface area contributed by atoms with Gasteiger partial charge in [0.15, 0.2) is 6.10 Å². The number of carboxylic acid groups (broad SMARTS) is 4. The van der Waals surface area contributed by atoms with Gasteiger partial charge in [0.25, 0.3) is 0 Å². The molecule has 0 saturated heterocycles. The lowest BCUT2D eigenvalue weighted by Gasteiger charge is -2.17. The Morgan fingerprint density at radius 3 is 1.27 bits per heavy atom. The molecule has 0 bridgehead atoms. The maximum absolute atomic E-state index is 12.3. The average molecular weight is 518 g/mol. The Morgan fingerprint density at radius 2 is 0.973 bits per heavy atom. The van der Waals surface area contributed by atoms with Crippen molar-refractivity contribution >= 4 is 41.8 Å².